The van der Waals surface area contributed by atoms with Crippen molar-refractivity contribution in [2.75, 3.05) is 52.4 Å². The molecule has 7 nitrogen and oxygen atoms in total. The van der Waals surface area contributed by atoms with Gasteiger partial charge < -0.3 is 20.2 Å². The maximum atomic E-state index is 12.5. The van der Waals surface area contributed by atoms with Gasteiger partial charge in [0.05, 0.1) is 13.1 Å². The number of benzene rings is 1. The number of piperidine rings is 1. The van der Waals surface area contributed by atoms with Crippen molar-refractivity contribution in [2.24, 2.45) is 4.99 Å². The van der Waals surface area contributed by atoms with E-state index in [2.05, 4.69) is 22.0 Å². The highest BCUT2D eigenvalue weighted by Gasteiger charge is 2.24. The minimum atomic E-state index is 0.273. The van der Waals surface area contributed by atoms with Crippen LogP contribution in [0.3, 0.4) is 0 Å². The molecular weight excluding hydrogens is 354 g/mol. The highest BCUT2D eigenvalue weighted by atomic mass is 16.3. The predicted molar refractivity (Wildman–Crippen MR) is 111 cm³/mol. The number of likely N-dealkylation sites (tertiary alicyclic amines) is 1. The van der Waals surface area contributed by atoms with Gasteiger partial charge in [-0.2, -0.15) is 0 Å². The number of nitrogens with zero attached hydrogens (tertiary/aromatic N) is 4. The Labute approximate surface area is 168 Å². The molecule has 2 saturated heterocycles. The summed E-state index contributed by atoms with van der Waals surface area (Å²) < 4.78 is 0. The van der Waals surface area contributed by atoms with Crippen LogP contribution in [-0.2, 0) is 11.3 Å². The first kappa shape index (κ1) is 20.5. The summed E-state index contributed by atoms with van der Waals surface area (Å²) in [6, 6.07) is 7.17. The van der Waals surface area contributed by atoms with Crippen molar-refractivity contribution in [3.63, 3.8) is 0 Å². The molecule has 1 amide bonds. The Morgan fingerprint density at radius 2 is 1.68 bits per heavy atom. The lowest BCUT2D eigenvalue weighted by molar-refractivity contribution is -0.133. The Morgan fingerprint density at radius 1 is 1.00 bits per heavy atom. The molecule has 2 aliphatic rings. The van der Waals surface area contributed by atoms with Gasteiger partial charge in [-0.1, -0.05) is 12.1 Å². The fraction of sp³-hybridized carbons (Fsp3) is 0.619. The zero-order valence-electron chi connectivity index (χ0n) is 16.9. The molecule has 0 unspecified atom stereocenters. The summed E-state index contributed by atoms with van der Waals surface area (Å²) in [5.74, 6) is 1.47. The average molecular weight is 388 g/mol. The van der Waals surface area contributed by atoms with E-state index < -0.39 is 0 Å². The minimum absolute atomic E-state index is 0.273. The predicted octanol–water partition coefficient (Wildman–Crippen LogP) is 1.49. The molecule has 1 aromatic rings. The van der Waals surface area contributed by atoms with E-state index in [-0.39, 0.29) is 11.7 Å². The topological polar surface area (TPSA) is 71.4 Å². The summed E-state index contributed by atoms with van der Waals surface area (Å²) in [6.07, 6.45) is 3.53. The summed E-state index contributed by atoms with van der Waals surface area (Å²) in [5, 5.41) is 12.8. The first-order valence-electron chi connectivity index (χ1n) is 10.5. The Morgan fingerprint density at radius 3 is 2.32 bits per heavy atom. The first-order chi connectivity index (χ1) is 13.7. The second kappa shape index (κ2) is 10.3. The van der Waals surface area contributed by atoms with Gasteiger partial charge in [-0.25, -0.2) is 4.99 Å². The molecule has 0 saturated carbocycles. The van der Waals surface area contributed by atoms with Gasteiger partial charge in [0.25, 0.3) is 0 Å². The van der Waals surface area contributed by atoms with Crippen molar-refractivity contribution in [3.05, 3.63) is 29.8 Å². The summed E-state index contributed by atoms with van der Waals surface area (Å²) in [7, 11) is 0. The number of hydrogen-bond acceptors (Lipinski definition) is 4. The number of carbonyl (C=O) groups excluding carboxylic acids is 1. The van der Waals surface area contributed by atoms with Gasteiger partial charge in [-0.15, -0.1) is 0 Å². The van der Waals surface area contributed by atoms with Gasteiger partial charge in [-0.05, 0) is 43.9 Å². The van der Waals surface area contributed by atoms with Crippen molar-refractivity contribution in [2.45, 2.75) is 32.7 Å². The Bertz CT molecular complexity index is 647. The molecule has 2 heterocycles. The highest BCUT2D eigenvalue weighted by molar-refractivity contribution is 5.80. The number of rotatable bonds is 5. The SMILES string of the molecule is CCNC(=NCc1ccc(O)cc1)N1CCN(CC(=O)N2CCCCC2)CC1. The van der Waals surface area contributed by atoms with Crippen LogP contribution in [-0.4, -0.2) is 84.0 Å². The Hall–Kier alpha value is -2.28. The van der Waals surface area contributed by atoms with E-state index in [9.17, 15) is 9.90 Å². The number of hydrogen-bond donors (Lipinski definition) is 2. The van der Waals surface area contributed by atoms with Gasteiger partial charge in [0.2, 0.25) is 5.91 Å². The molecule has 0 aliphatic carbocycles. The molecule has 154 valence electrons. The van der Waals surface area contributed by atoms with Gasteiger partial charge in [0.1, 0.15) is 5.75 Å². The van der Waals surface area contributed by atoms with Crippen molar-refractivity contribution < 1.29 is 9.90 Å². The van der Waals surface area contributed by atoms with Crippen LogP contribution in [0.2, 0.25) is 0 Å². The molecule has 28 heavy (non-hydrogen) atoms. The minimum Gasteiger partial charge on any atom is -0.508 e. The van der Waals surface area contributed by atoms with Crippen LogP contribution in [0.15, 0.2) is 29.3 Å². The van der Waals surface area contributed by atoms with Crippen LogP contribution in [0.5, 0.6) is 5.75 Å². The van der Waals surface area contributed by atoms with Gasteiger partial charge in [0.15, 0.2) is 5.96 Å². The molecule has 1 aromatic carbocycles. The number of phenols is 1. The Kier molecular flexibility index (Phi) is 7.54. The number of aliphatic imine (C=N–C) groups is 1. The zero-order valence-corrected chi connectivity index (χ0v) is 16.9. The summed E-state index contributed by atoms with van der Waals surface area (Å²) >= 11 is 0. The average Bonchev–Trinajstić information content (AvgIpc) is 2.73. The van der Waals surface area contributed by atoms with Crippen molar-refractivity contribution in [1.29, 1.82) is 0 Å². The third-order valence-corrected chi connectivity index (χ3v) is 5.42. The largest absolute Gasteiger partial charge is 0.508 e. The van der Waals surface area contributed by atoms with Crippen molar-refractivity contribution in [1.82, 2.24) is 20.0 Å². The normalized spacial score (nSPS) is 19.0. The van der Waals surface area contributed by atoms with E-state index >= 15 is 0 Å². The van der Waals surface area contributed by atoms with E-state index in [0.29, 0.717) is 13.1 Å². The maximum absolute atomic E-state index is 12.5. The molecule has 2 N–H and O–H groups in total. The first-order valence-corrected chi connectivity index (χ1v) is 10.5. The summed E-state index contributed by atoms with van der Waals surface area (Å²) in [5.41, 5.74) is 1.07. The molecule has 2 fully saturated rings. The lowest BCUT2D eigenvalue weighted by Gasteiger charge is -2.37. The number of guanidine groups is 1. The lowest BCUT2D eigenvalue weighted by Crippen LogP contribution is -2.54. The van der Waals surface area contributed by atoms with Crippen LogP contribution in [0.25, 0.3) is 0 Å². The number of piperazine rings is 1. The van der Waals surface area contributed by atoms with Crippen molar-refractivity contribution in [3.8, 4) is 5.75 Å². The summed E-state index contributed by atoms with van der Waals surface area (Å²) in [6.45, 7) is 9.35. The molecule has 0 aromatic heterocycles. The van der Waals surface area contributed by atoms with Crippen molar-refractivity contribution >= 4 is 11.9 Å². The standard InChI is InChI=1S/C21H33N5O2/c1-2-22-21(23-16-18-6-8-19(27)9-7-18)26-14-12-24(13-15-26)17-20(28)25-10-4-3-5-11-25/h6-9,27H,2-5,10-17H2,1H3,(H,22,23). The number of phenolic OH excluding ortho intramolecular Hbond substituents is 1. The summed E-state index contributed by atoms with van der Waals surface area (Å²) in [4.78, 5) is 23.8. The van der Waals surface area contributed by atoms with Crippen LogP contribution < -0.4 is 5.32 Å². The molecule has 0 radical (unpaired) electrons. The van der Waals surface area contributed by atoms with Crippen LogP contribution in [0, 0.1) is 0 Å². The molecule has 0 spiro atoms. The third-order valence-electron chi connectivity index (χ3n) is 5.42. The Balaban J connectivity index is 1.49. The molecule has 3 rings (SSSR count). The third kappa shape index (κ3) is 5.86. The molecular formula is C21H33N5O2. The number of nitrogens with one attached hydrogen (secondary N) is 1. The molecule has 0 atom stereocenters. The number of aromatic hydroxyl groups is 1. The van der Waals surface area contributed by atoms with E-state index in [1.54, 1.807) is 12.1 Å². The fourth-order valence-electron chi connectivity index (χ4n) is 3.75. The second-order valence-electron chi connectivity index (χ2n) is 7.54. The lowest BCUT2D eigenvalue weighted by atomic mass is 10.1. The quantitative estimate of drug-likeness (QED) is 0.592. The van der Waals surface area contributed by atoms with E-state index in [4.69, 9.17) is 4.99 Å². The second-order valence-corrected chi connectivity index (χ2v) is 7.54. The highest BCUT2D eigenvalue weighted by Crippen LogP contribution is 2.12. The molecule has 7 heteroatoms. The fourth-order valence-corrected chi connectivity index (χ4v) is 3.75. The molecule has 0 bridgehead atoms. The van der Waals surface area contributed by atoms with E-state index in [1.807, 2.05) is 17.0 Å². The maximum Gasteiger partial charge on any atom is 0.236 e. The van der Waals surface area contributed by atoms with Gasteiger partial charge in [-0.3, -0.25) is 9.69 Å². The number of amides is 1. The van der Waals surface area contributed by atoms with Gasteiger partial charge in [0, 0.05) is 45.8 Å². The van der Waals surface area contributed by atoms with Gasteiger partial charge >= 0.3 is 0 Å². The monoisotopic (exact) mass is 387 g/mol. The smallest absolute Gasteiger partial charge is 0.236 e. The number of carbonyl (C=O) groups is 1. The van der Waals surface area contributed by atoms with Crippen LogP contribution in [0.4, 0.5) is 0 Å². The van der Waals surface area contributed by atoms with Crippen LogP contribution in [0.1, 0.15) is 31.7 Å². The van der Waals surface area contributed by atoms with E-state index in [0.717, 1.165) is 70.2 Å². The molecule has 2 aliphatic heterocycles. The zero-order chi connectivity index (χ0) is 19.8. The van der Waals surface area contributed by atoms with E-state index in [1.165, 1.54) is 6.42 Å². The van der Waals surface area contributed by atoms with Crippen LogP contribution >= 0.6 is 0 Å².